The zero-order valence-corrected chi connectivity index (χ0v) is 11.0. The Morgan fingerprint density at radius 2 is 2.11 bits per heavy atom. The summed E-state index contributed by atoms with van der Waals surface area (Å²) in [5.74, 6) is -0.418. The number of benzene rings is 1. The molecule has 1 amide bonds. The van der Waals surface area contributed by atoms with Crippen molar-refractivity contribution in [1.29, 1.82) is 0 Å². The Hall–Kier alpha value is -1.27. The van der Waals surface area contributed by atoms with Gasteiger partial charge in [-0.3, -0.25) is 4.79 Å². The van der Waals surface area contributed by atoms with E-state index in [4.69, 9.17) is 17.3 Å². The summed E-state index contributed by atoms with van der Waals surface area (Å²) in [7, 11) is 0. The van der Waals surface area contributed by atoms with Crippen molar-refractivity contribution >= 4 is 23.2 Å². The summed E-state index contributed by atoms with van der Waals surface area (Å²) in [6.45, 7) is 1.74. The molecule has 0 bridgehead atoms. The van der Waals surface area contributed by atoms with Gasteiger partial charge in [0.2, 0.25) is 5.91 Å². The normalized spacial score (nSPS) is 13.2. The Morgan fingerprint density at radius 3 is 2.63 bits per heavy atom. The molecule has 0 aromatic heterocycles. The van der Waals surface area contributed by atoms with Crippen LogP contribution in [0.25, 0.3) is 0 Å². The third-order valence-electron chi connectivity index (χ3n) is 2.39. The van der Waals surface area contributed by atoms with E-state index in [0.29, 0.717) is 6.42 Å². The highest BCUT2D eigenvalue weighted by atomic mass is 35.5. The van der Waals surface area contributed by atoms with Crippen LogP contribution in [0, 0.1) is 0 Å². The summed E-state index contributed by atoms with van der Waals surface area (Å²) in [4.78, 5) is 11.5. The fraction of sp³-hybridized carbons (Fsp3) is 0.417. The number of alkyl halides is 3. The molecule has 1 rings (SSSR count). The molecule has 0 radical (unpaired) electrons. The summed E-state index contributed by atoms with van der Waals surface area (Å²) in [5.41, 5.74) is 4.58. The second-order valence-corrected chi connectivity index (χ2v) is 4.66. The summed E-state index contributed by atoms with van der Waals surface area (Å²) in [5, 5.41) is 2.41. The Bertz CT molecular complexity index is 461. The summed E-state index contributed by atoms with van der Waals surface area (Å²) < 4.78 is 37.6. The van der Waals surface area contributed by atoms with Crippen LogP contribution in [0.2, 0.25) is 5.02 Å². The van der Waals surface area contributed by atoms with Crippen molar-refractivity contribution in [3.63, 3.8) is 0 Å². The van der Waals surface area contributed by atoms with E-state index in [-0.39, 0.29) is 23.2 Å². The maximum atomic E-state index is 12.5. The SMILES string of the molecule is CC(N)CCC(=O)Nc1cc(C(F)(F)F)ccc1Cl. The molecule has 106 valence electrons. The Kier molecular flexibility index (Phi) is 5.20. The van der Waals surface area contributed by atoms with E-state index < -0.39 is 17.6 Å². The van der Waals surface area contributed by atoms with Crippen LogP contribution in [0.1, 0.15) is 25.3 Å². The molecule has 3 N–H and O–H groups in total. The minimum Gasteiger partial charge on any atom is -0.328 e. The molecule has 1 atom stereocenters. The van der Waals surface area contributed by atoms with Crippen molar-refractivity contribution in [2.24, 2.45) is 5.73 Å². The van der Waals surface area contributed by atoms with E-state index in [1.807, 2.05) is 0 Å². The quantitative estimate of drug-likeness (QED) is 0.894. The van der Waals surface area contributed by atoms with E-state index in [1.54, 1.807) is 6.92 Å². The maximum absolute atomic E-state index is 12.5. The standard InChI is InChI=1S/C12H14ClF3N2O/c1-7(17)2-5-11(19)18-10-6-8(12(14,15)16)3-4-9(10)13/h3-4,6-7H,2,5,17H2,1H3,(H,18,19). The fourth-order valence-electron chi connectivity index (χ4n) is 1.37. The van der Waals surface area contributed by atoms with Gasteiger partial charge in [-0.15, -0.1) is 0 Å². The molecule has 19 heavy (non-hydrogen) atoms. The molecule has 1 unspecified atom stereocenters. The van der Waals surface area contributed by atoms with E-state index in [9.17, 15) is 18.0 Å². The van der Waals surface area contributed by atoms with Crippen LogP contribution in [0.3, 0.4) is 0 Å². The Labute approximate surface area is 113 Å². The molecule has 3 nitrogen and oxygen atoms in total. The summed E-state index contributed by atoms with van der Waals surface area (Å²) >= 11 is 5.75. The minimum absolute atomic E-state index is 0.0498. The maximum Gasteiger partial charge on any atom is 0.416 e. The number of amides is 1. The number of nitrogens with one attached hydrogen (secondary N) is 1. The van der Waals surface area contributed by atoms with Crippen molar-refractivity contribution in [3.8, 4) is 0 Å². The molecule has 0 saturated heterocycles. The smallest absolute Gasteiger partial charge is 0.328 e. The Morgan fingerprint density at radius 1 is 1.47 bits per heavy atom. The zero-order chi connectivity index (χ0) is 14.6. The molecule has 1 aromatic rings. The number of carbonyl (C=O) groups excluding carboxylic acids is 1. The number of hydrogen-bond acceptors (Lipinski definition) is 2. The van der Waals surface area contributed by atoms with E-state index in [2.05, 4.69) is 5.32 Å². The van der Waals surface area contributed by atoms with Crippen LogP contribution in [-0.2, 0) is 11.0 Å². The summed E-state index contributed by atoms with van der Waals surface area (Å²) in [6.07, 6.45) is -3.90. The predicted molar refractivity (Wildman–Crippen MR) is 68.0 cm³/mol. The average molecular weight is 295 g/mol. The van der Waals surface area contributed by atoms with Gasteiger partial charge in [-0.25, -0.2) is 0 Å². The van der Waals surface area contributed by atoms with Gasteiger partial charge in [-0.2, -0.15) is 13.2 Å². The van der Waals surface area contributed by atoms with Gasteiger partial charge in [-0.05, 0) is 31.5 Å². The van der Waals surface area contributed by atoms with E-state index >= 15 is 0 Å². The number of halogens is 4. The van der Waals surface area contributed by atoms with Crippen LogP contribution in [0.5, 0.6) is 0 Å². The van der Waals surface area contributed by atoms with Crippen molar-refractivity contribution in [2.75, 3.05) is 5.32 Å². The zero-order valence-electron chi connectivity index (χ0n) is 10.2. The first-order valence-electron chi connectivity index (χ1n) is 5.62. The van der Waals surface area contributed by atoms with Gasteiger partial charge in [0.05, 0.1) is 16.3 Å². The van der Waals surface area contributed by atoms with E-state index in [1.165, 1.54) is 0 Å². The van der Waals surface area contributed by atoms with Gasteiger partial charge in [-0.1, -0.05) is 11.6 Å². The number of nitrogens with two attached hydrogens (primary N) is 1. The molecule has 7 heteroatoms. The topological polar surface area (TPSA) is 55.1 Å². The molecule has 0 heterocycles. The third-order valence-corrected chi connectivity index (χ3v) is 2.72. The average Bonchev–Trinajstić information content (AvgIpc) is 2.28. The van der Waals surface area contributed by atoms with Crippen molar-refractivity contribution in [1.82, 2.24) is 0 Å². The van der Waals surface area contributed by atoms with Crippen LogP contribution >= 0.6 is 11.6 Å². The third kappa shape index (κ3) is 5.08. The first-order valence-corrected chi connectivity index (χ1v) is 6.00. The van der Waals surface area contributed by atoms with Gasteiger partial charge in [0, 0.05) is 12.5 Å². The predicted octanol–water partition coefficient (Wildman–Crippen LogP) is 3.42. The first-order chi connectivity index (χ1) is 8.70. The van der Waals surface area contributed by atoms with Gasteiger partial charge < -0.3 is 11.1 Å². The number of anilines is 1. The van der Waals surface area contributed by atoms with Crippen molar-refractivity contribution < 1.29 is 18.0 Å². The first kappa shape index (κ1) is 15.8. The lowest BCUT2D eigenvalue weighted by atomic mass is 10.1. The van der Waals surface area contributed by atoms with Crippen molar-refractivity contribution in [3.05, 3.63) is 28.8 Å². The molecular formula is C12H14ClF3N2O. The second-order valence-electron chi connectivity index (χ2n) is 4.26. The number of rotatable bonds is 4. The highest BCUT2D eigenvalue weighted by Gasteiger charge is 2.31. The highest BCUT2D eigenvalue weighted by molar-refractivity contribution is 6.33. The van der Waals surface area contributed by atoms with Crippen LogP contribution in [0.4, 0.5) is 18.9 Å². The monoisotopic (exact) mass is 294 g/mol. The van der Waals surface area contributed by atoms with Gasteiger partial charge in [0.15, 0.2) is 0 Å². The lowest BCUT2D eigenvalue weighted by Crippen LogP contribution is -2.19. The molecule has 0 spiro atoms. The summed E-state index contributed by atoms with van der Waals surface area (Å²) in [6, 6.07) is 2.63. The second kappa shape index (κ2) is 6.25. The molecule has 0 fully saturated rings. The minimum atomic E-state index is -4.48. The van der Waals surface area contributed by atoms with Crippen molar-refractivity contribution in [2.45, 2.75) is 32.0 Å². The lowest BCUT2D eigenvalue weighted by molar-refractivity contribution is -0.137. The van der Waals surface area contributed by atoms with Crippen LogP contribution in [-0.4, -0.2) is 11.9 Å². The largest absolute Gasteiger partial charge is 0.416 e. The van der Waals surface area contributed by atoms with Gasteiger partial charge in [0.1, 0.15) is 0 Å². The highest BCUT2D eigenvalue weighted by Crippen LogP contribution is 2.33. The van der Waals surface area contributed by atoms with Gasteiger partial charge >= 0.3 is 6.18 Å². The van der Waals surface area contributed by atoms with Gasteiger partial charge in [0.25, 0.3) is 0 Å². The molecular weight excluding hydrogens is 281 g/mol. The number of hydrogen-bond donors (Lipinski definition) is 2. The fourth-order valence-corrected chi connectivity index (χ4v) is 1.53. The van der Waals surface area contributed by atoms with Crippen LogP contribution < -0.4 is 11.1 Å². The molecule has 0 saturated carbocycles. The Balaban J connectivity index is 2.80. The van der Waals surface area contributed by atoms with E-state index in [0.717, 1.165) is 18.2 Å². The van der Waals surface area contributed by atoms with Crippen LogP contribution in [0.15, 0.2) is 18.2 Å². The number of carbonyl (C=O) groups is 1. The lowest BCUT2D eigenvalue weighted by Gasteiger charge is -2.12. The molecule has 1 aromatic carbocycles. The molecule has 0 aliphatic rings. The molecule has 0 aliphatic heterocycles. The molecule has 0 aliphatic carbocycles.